The van der Waals surface area contributed by atoms with E-state index in [0.717, 1.165) is 0 Å². The molecule has 0 amide bonds. The van der Waals surface area contributed by atoms with E-state index in [1.165, 1.54) is 13.3 Å². The van der Waals surface area contributed by atoms with Crippen LogP contribution in [0.2, 0.25) is 0 Å². The van der Waals surface area contributed by atoms with Crippen molar-refractivity contribution in [2.45, 2.75) is 0 Å². The second kappa shape index (κ2) is 6.87. The highest BCUT2D eigenvalue weighted by molar-refractivity contribution is 6.01. The number of nitrogens with zero attached hydrogens (tertiary/aromatic N) is 2. The highest BCUT2D eigenvalue weighted by atomic mass is 16.5. The third-order valence-corrected chi connectivity index (χ3v) is 3.40. The van der Waals surface area contributed by atoms with Crippen LogP contribution in [-0.4, -0.2) is 35.4 Å². The molecule has 6 heteroatoms. The molecule has 0 bridgehead atoms. The van der Waals surface area contributed by atoms with E-state index in [4.69, 9.17) is 9.47 Å². The summed E-state index contributed by atoms with van der Waals surface area (Å²) in [5.41, 5.74) is 1.68. The molecule has 0 aliphatic carbocycles. The predicted molar refractivity (Wildman–Crippen MR) is 87.1 cm³/mol. The van der Waals surface area contributed by atoms with Crippen molar-refractivity contribution in [1.29, 1.82) is 0 Å². The van der Waals surface area contributed by atoms with E-state index in [1.807, 2.05) is 6.07 Å². The molecule has 0 N–H and O–H groups in total. The normalized spacial score (nSPS) is 10.4. The zero-order valence-electron chi connectivity index (χ0n) is 12.9. The number of para-hydroxylation sites is 3. The van der Waals surface area contributed by atoms with Crippen LogP contribution in [0.3, 0.4) is 0 Å². The van der Waals surface area contributed by atoms with Gasteiger partial charge in [-0.25, -0.2) is 9.78 Å². The van der Waals surface area contributed by atoms with Crippen molar-refractivity contribution in [1.82, 2.24) is 9.97 Å². The van der Waals surface area contributed by atoms with E-state index >= 15 is 0 Å². The lowest BCUT2D eigenvalue weighted by Gasteiger charge is -2.08. The number of ketones is 1. The van der Waals surface area contributed by atoms with Crippen LogP contribution in [0.4, 0.5) is 0 Å². The van der Waals surface area contributed by atoms with Crippen molar-refractivity contribution >= 4 is 22.8 Å². The smallest absolute Gasteiger partial charge is 0.359 e. The maximum Gasteiger partial charge on any atom is 0.359 e. The van der Waals surface area contributed by atoms with E-state index in [1.54, 1.807) is 42.5 Å². The Kier molecular flexibility index (Phi) is 4.47. The van der Waals surface area contributed by atoms with Crippen molar-refractivity contribution in [3.63, 3.8) is 0 Å². The molecule has 0 saturated carbocycles. The molecule has 2 aromatic carbocycles. The first-order valence-electron chi connectivity index (χ1n) is 7.24. The molecule has 0 aliphatic heterocycles. The molecule has 1 heterocycles. The van der Waals surface area contributed by atoms with Crippen LogP contribution in [0.25, 0.3) is 11.0 Å². The highest BCUT2D eigenvalue weighted by Gasteiger charge is 2.16. The van der Waals surface area contributed by atoms with E-state index < -0.39 is 12.6 Å². The van der Waals surface area contributed by atoms with Gasteiger partial charge < -0.3 is 9.47 Å². The van der Waals surface area contributed by atoms with Gasteiger partial charge in [-0.2, -0.15) is 0 Å². The minimum atomic E-state index is -0.698. The SMILES string of the molecule is COc1ccccc1C(=O)COC(=O)c1cnc2ccccc2n1. The van der Waals surface area contributed by atoms with Crippen LogP contribution in [0, 0.1) is 0 Å². The third-order valence-electron chi connectivity index (χ3n) is 3.40. The number of hydrogen-bond donors (Lipinski definition) is 0. The number of benzene rings is 2. The number of Topliss-reactive ketones (excluding diaryl/α,β-unsaturated/α-hetero) is 1. The lowest BCUT2D eigenvalue weighted by molar-refractivity contribution is 0.0468. The topological polar surface area (TPSA) is 78.4 Å². The molecule has 0 saturated heterocycles. The fourth-order valence-corrected chi connectivity index (χ4v) is 2.21. The van der Waals surface area contributed by atoms with Crippen LogP contribution in [0.1, 0.15) is 20.8 Å². The van der Waals surface area contributed by atoms with Gasteiger partial charge in [-0.15, -0.1) is 0 Å². The minimum absolute atomic E-state index is 0.0570. The van der Waals surface area contributed by atoms with Gasteiger partial charge in [0.15, 0.2) is 12.3 Å². The van der Waals surface area contributed by atoms with Gasteiger partial charge >= 0.3 is 5.97 Å². The van der Waals surface area contributed by atoms with Gasteiger partial charge in [0, 0.05) is 0 Å². The van der Waals surface area contributed by atoms with E-state index in [2.05, 4.69) is 9.97 Å². The zero-order valence-corrected chi connectivity index (χ0v) is 12.9. The Bertz CT molecular complexity index is 908. The molecule has 3 aromatic rings. The quantitative estimate of drug-likeness (QED) is 0.531. The first-order valence-corrected chi connectivity index (χ1v) is 7.24. The molecule has 0 atom stereocenters. The van der Waals surface area contributed by atoms with Gasteiger partial charge in [0.05, 0.1) is 29.9 Å². The molecule has 0 fully saturated rings. The largest absolute Gasteiger partial charge is 0.496 e. The number of ether oxygens (including phenoxy) is 2. The molecule has 1 aromatic heterocycles. The van der Waals surface area contributed by atoms with Crippen LogP contribution in [0.15, 0.2) is 54.7 Å². The lowest BCUT2D eigenvalue weighted by Crippen LogP contribution is -2.16. The Morgan fingerprint density at radius 3 is 2.50 bits per heavy atom. The third kappa shape index (κ3) is 3.22. The lowest BCUT2D eigenvalue weighted by atomic mass is 10.1. The van der Waals surface area contributed by atoms with Crippen LogP contribution < -0.4 is 4.74 Å². The van der Waals surface area contributed by atoms with Crippen molar-refractivity contribution in [2.24, 2.45) is 0 Å². The summed E-state index contributed by atoms with van der Waals surface area (Å²) in [5, 5.41) is 0. The zero-order chi connectivity index (χ0) is 16.9. The minimum Gasteiger partial charge on any atom is -0.496 e. The van der Waals surface area contributed by atoms with Gasteiger partial charge in [-0.1, -0.05) is 24.3 Å². The van der Waals surface area contributed by atoms with Crippen molar-refractivity contribution in [3.05, 3.63) is 66.0 Å². The number of rotatable bonds is 5. The summed E-state index contributed by atoms with van der Waals surface area (Å²) < 4.78 is 10.2. The van der Waals surface area contributed by atoms with E-state index in [0.29, 0.717) is 22.3 Å². The summed E-state index contributed by atoms with van der Waals surface area (Å²) in [6.07, 6.45) is 1.33. The molecular weight excluding hydrogens is 308 g/mol. The number of carbonyl (C=O) groups excluding carboxylic acids is 2. The fraction of sp³-hybridized carbons (Fsp3) is 0.111. The van der Waals surface area contributed by atoms with Crippen molar-refractivity contribution in [2.75, 3.05) is 13.7 Å². The summed E-state index contributed by atoms with van der Waals surface area (Å²) >= 11 is 0. The molecule has 120 valence electrons. The highest BCUT2D eigenvalue weighted by Crippen LogP contribution is 2.18. The monoisotopic (exact) mass is 322 g/mol. The van der Waals surface area contributed by atoms with E-state index in [9.17, 15) is 9.59 Å². The number of methoxy groups -OCH3 is 1. The number of esters is 1. The number of hydrogen-bond acceptors (Lipinski definition) is 6. The van der Waals surface area contributed by atoms with Crippen molar-refractivity contribution in [3.8, 4) is 5.75 Å². The fourth-order valence-electron chi connectivity index (χ4n) is 2.21. The average Bonchev–Trinajstić information content (AvgIpc) is 2.65. The van der Waals surface area contributed by atoms with E-state index in [-0.39, 0.29) is 11.5 Å². The summed E-state index contributed by atoms with van der Waals surface area (Å²) in [6.45, 7) is -0.395. The van der Waals surface area contributed by atoms with Crippen LogP contribution >= 0.6 is 0 Å². The van der Waals surface area contributed by atoms with Crippen LogP contribution in [0.5, 0.6) is 5.75 Å². The van der Waals surface area contributed by atoms with Gasteiger partial charge in [0.1, 0.15) is 5.75 Å². The Hall–Kier alpha value is -3.28. The first kappa shape index (κ1) is 15.6. The number of fused-ring (bicyclic) bond motifs is 1. The maximum atomic E-state index is 12.2. The second-order valence-corrected chi connectivity index (χ2v) is 4.94. The molecular formula is C18H14N2O4. The Labute approximate surface area is 138 Å². The maximum absolute atomic E-state index is 12.2. The van der Waals surface area contributed by atoms with Crippen LogP contribution in [-0.2, 0) is 4.74 Å². The predicted octanol–water partition coefficient (Wildman–Crippen LogP) is 2.68. The first-order chi connectivity index (χ1) is 11.7. The number of aromatic nitrogens is 2. The molecule has 6 nitrogen and oxygen atoms in total. The van der Waals surface area contributed by atoms with Gasteiger partial charge in [-0.3, -0.25) is 9.78 Å². The Morgan fingerprint density at radius 2 is 1.71 bits per heavy atom. The van der Waals surface area contributed by atoms with Crippen molar-refractivity contribution < 1.29 is 19.1 Å². The molecule has 0 radical (unpaired) electrons. The molecule has 3 rings (SSSR count). The molecule has 24 heavy (non-hydrogen) atoms. The number of carbonyl (C=O) groups is 2. The average molecular weight is 322 g/mol. The summed E-state index contributed by atoms with van der Waals surface area (Å²) in [6, 6.07) is 13.9. The Balaban J connectivity index is 1.71. The molecule has 0 spiro atoms. The van der Waals surface area contributed by atoms with Gasteiger partial charge in [0.25, 0.3) is 0 Å². The standard InChI is InChI=1S/C18H14N2O4/c1-23-17-9-5-2-6-12(17)16(21)11-24-18(22)15-10-19-13-7-3-4-8-14(13)20-15/h2-10H,11H2,1H3. The summed E-state index contributed by atoms with van der Waals surface area (Å²) in [7, 11) is 1.47. The van der Waals surface area contributed by atoms with Gasteiger partial charge in [-0.05, 0) is 24.3 Å². The molecule has 0 unspecified atom stereocenters. The van der Waals surface area contributed by atoms with Gasteiger partial charge in [0.2, 0.25) is 5.78 Å². The Morgan fingerprint density at radius 1 is 1.00 bits per heavy atom. The molecule has 0 aliphatic rings. The summed E-state index contributed by atoms with van der Waals surface area (Å²) in [5.74, 6) is -0.616. The summed E-state index contributed by atoms with van der Waals surface area (Å²) in [4.78, 5) is 32.6. The second-order valence-electron chi connectivity index (χ2n) is 4.94.